The van der Waals surface area contributed by atoms with Gasteiger partial charge in [0.25, 0.3) is 5.56 Å². The van der Waals surface area contributed by atoms with Crippen LogP contribution in [0.4, 0.5) is 16.3 Å². The zero-order chi connectivity index (χ0) is 26.8. The van der Waals surface area contributed by atoms with E-state index in [4.69, 9.17) is 9.72 Å². The number of hydrogen-bond acceptors (Lipinski definition) is 7. The molecule has 4 heterocycles. The molecular weight excluding hydrogens is 482 g/mol. The number of aromatic amines is 1. The number of fused-ring (bicyclic) bond motifs is 1. The molecule has 10 nitrogen and oxygen atoms in total. The van der Waals surface area contributed by atoms with E-state index in [2.05, 4.69) is 39.3 Å². The van der Waals surface area contributed by atoms with E-state index in [1.54, 1.807) is 31.4 Å². The average Bonchev–Trinajstić information content (AvgIpc) is 2.92. The number of H-pyrrole nitrogens is 1. The Morgan fingerprint density at radius 1 is 1.11 bits per heavy atom. The predicted octanol–water partition coefficient (Wildman–Crippen LogP) is 4.30. The predicted molar refractivity (Wildman–Crippen MR) is 147 cm³/mol. The van der Waals surface area contributed by atoms with Crippen molar-refractivity contribution >= 4 is 28.3 Å². The second-order valence-electron chi connectivity index (χ2n) is 9.71. The van der Waals surface area contributed by atoms with Crippen LogP contribution in [0, 0.1) is 6.92 Å². The van der Waals surface area contributed by atoms with Gasteiger partial charge in [-0.3, -0.25) is 9.78 Å². The lowest BCUT2D eigenvalue weighted by Gasteiger charge is -2.34. The summed E-state index contributed by atoms with van der Waals surface area (Å²) in [6.07, 6.45) is 6.62. The van der Waals surface area contributed by atoms with E-state index in [1.165, 1.54) is 18.9 Å². The van der Waals surface area contributed by atoms with Crippen LogP contribution in [-0.4, -0.2) is 70.1 Å². The van der Waals surface area contributed by atoms with Crippen LogP contribution in [0.2, 0.25) is 0 Å². The van der Waals surface area contributed by atoms with Crippen LogP contribution in [0.3, 0.4) is 0 Å². The Morgan fingerprint density at radius 3 is 2.61 bits per heavy atom. The van der Waals surface area contributed by atoms with Gasteiger partial charge in [0.05, 0.1) is 30.6 Å². The van der Waals surface area contributed by atoms with Crippen molar-refractivity contribution in [1.82, 2.24) is 29.7 Å². The number of carbonyl (C=O) groups excluding carboxylic acids is 1. The van der Waals surface area contributed by atoms with Crippen LogP contribution in [0.1, 0.15) is 29.9 Å². The van der Waals surface area contributed by atoms with Gasteiger partial charge >= 0.3 is 6.03 Å². The molecule has 0 radical (unpaired) electrons. The summed E-state index contributed by atoms with van der Waals surface area (Å²) < 4.78 is 5.22. The first kappa shape index (κ1) is 25.2. The minimum atomic E-state index is -0.229. The van der Waals surface area contributed by atoms with Crippen molar-refractivity contribution in [2.75, 3.05) is 39.6 Å². The summed E-state index contributed by atoms with van der Waals surface area (Å²) in [5.74, 6) is 1.21. The van der Waals surface area contributed by atoms with E-state index >= 15 is 0 Å². The minimum absolute atomic E-state index is 0.0663. The lowest BCUT2D eigenvalue weighted by Crippen LogP contribution is -2.43. The number of rotatable bonds is 5. The number of aromatic nitrogens is 4. The van der Waals surface area contributed by atoms with Gasteiger partial charge < -0.3 is 24.8 Å². The third-order valence-electron chi connectivity index (χ3n) is 6.96. The molecule has 4 aromatic rings. The highest BCUT2D eigenvalue weighted by Crippen LogP contribution is 2.33. The van der Waals surface area contributed by atoms with Crippen LogP contribution in [0.5, 0.6) is 5.88 Å². The van der Waals surface area contributed by atoms with E-state index in [9.17, 15) is 9.59 Å². The number of aryl methyl sites for hydroxylation is 1. The molecule has 5 rings (SSSR count). The van der Waals surface area contributed by atoms with Crippen molar-refractivity contribution in [3.63, 3.8) is 0 Å². The SMILES string of the molecule is COc1cncc(-c2cc3cc[nH]c(=O)c3c(Nc3ccc(C4CCN(C(=O)N(C)C)CC4)c(C)c3)n2)n1. The zero-order valence-corrected chi connectivity index (χ0v) is 22.0. The Labute approximate surface area is 220 Å². The van der Waals surface area contributed by atoms with Crippen LogP contribution < -0.4 is 15.6 Å². The lowest BCUT2D eigenvalue weighted by molar-refractivity contribution is 0.156. The number of urea groups is 1. The summed E-state index contributed by atoms with van der Waals surface area (Å²) in [6.45, 7) is 3.60. The Morgan fingerprint density at radius 2 is 1.89 bits per heavy atom. The number of methoxy groups -OCH3 is 1. The van der Waals surface area contributed by atoms with Crippen molar-refractivity contribution in [2.24, 2.45) is 0 Å². The molecule has 0 saturated carbocycles. The van der Waals surface area contributed by atoms with Gasteiger partial charge in [-0.25, -0.2) is 14.8 Å². The first-order valence-corrected chi connectivity index (χ1v) is 12.6. The van der Waals surface area contributed by atoms with Crippen molar-refractivity contribution in [1.29, 1.82) is 0 Å². The normalized spacial score (nSPS) is 13.9. The van der Waals surface area contributed by atoms with Gasteiger partial charge in [0, 0.05) is 39.1 Å². The summed E-state index contributed by atoms with van der Waals surface area (Å²) in [5, 5.41) is 4.56. The summed E-state index contributed by atoms with van der Waals surface area (Å²) >= 11 is 0. The number of pyridine rings is 2. The van der Waals surface area contributed by atoms with Gasteiger partial charge in [-0.15, -0.1) is 0 Å². The van der Waals surface area contributed by atoms with Gasteiger partial charge in [0.2, 0.25) is 5.88 Å². The highest BCUT2D eigenvalue weighted by molar-refractivity contribution is 5.94. The molecule has 1 aliphatic rings. The number of carbonyl (C=O) groups is 1. The zero-order valence-electron chi connectivity index (χ0n) is 22.0. The molecule has 0 unspecified atom stereocenters. The summed E-state index contributed by atoms with van der Waals surface area (Å²) in [6, 6.07) is 9.95. The molecule has 38 heavy (non-hydrogen) atoms. The van der Waals surface area contributed by atoms with E-state index in [-0.39, 0.29) is 11.6 Å². The third-order valence-corrected chi connectivity index (χ3v) is 6.96. The molecule has 2 N–H and O–H groups in total. The van der Waals surface area contributed by atoms with Crippen LogP contribution in [0.15, 0.2) is 53.7 Å². The average molecular weight is 514 g/mol. The van der Waals surface area contributed by atoms with E-state index in [0.29, 0.717) is 34.4 Å². The number of amides is 2. The van der Waals surface area contributed by atoms with Gasteiger partial charge in [-0.2, -0.15) is 0 Å². The fraction of sp³-hybridized carbons (Fsp3) is 0.321. The Kier molecular flexibility index (Phi) is 6.95. The molecule has 0 spiro atoms. The van der Waals surface area contributed by atoms with Crippen molar-refractivity contribution in [3.8, 4) is 17.3 Å². The van der Waals surface area contributed by atoms with Gasteiger partial charge in [0.15, 0.2) is 0 Å². The maximum absolute atomic E-state index is 12.8. The molecule has 3 aromatic heterocycles. The quantitative estimate of drug-likeness (QED) is 0.409. The number of ether oxygens (including phenoxy) is 1. The lowest BCUT2D eigenvalue weighted by atomic mass is 9.86. The monoisotopic (exact) mass is 513 g/mol. The second-order valence-corrected chi connectivity index (χ2v) is 9.71. The molecule has 196 valence electrons. The van der Waals surface area contributed by atoms with Crippen LogP contribution in [0.25, 0.3) is 22.2 Å². The molecule has 0 atom stereocenters. The van der Waals surface area contributed by atoms with E-state index < -0.39 is 0 Å². The minimum Gasteiger partial charge on any atom is -0.480 e. The number of nitrogens with one attached hydrogen (secondary N) is 2. The highest BCUT2D eigenvalue weighted by Gasteiger charge is 2.25. The molecule has 0 bridgehead atoms. The van der Waals surface area contributed by atoms with E-state index in [1.807, 2.05) is 23.1 Å². The number of nitrogens with zero attached hydrogens (tertiary/aromatic N) is 5. The summed E-state index contributed by atoms with van der Waals surface area (Å²) in [5.41, 5.74) is 4.15. The summed E-state index contributed by atoms with van der Waals surface area (Å²) in [7, 11) is 5.11. The maximum atomic E-state index is 12.8. The maximum Gasteiger partial charge on any atom is 0.319 e. The number of piperidine rings is 1. The van der Waals surface area contributed by atoms with Crippen LogP contribution >= 0.6 is 0 Å². The number of likely N-dealkylation sites (tertiary alicyclic amines) is 1. The Bertz CT molecular complexity index is 1540. The molecular formula is C28H31N7O3. The van der Waals surface area contributed by atoms with E-state index in [0.717, 1.165) is 42.6 Å². The smallest absolute Gasteiger partial charge is 0.319 e. The largest absolute Gasteiger partial charge is 0.480 e. The first-order chi connectivity index (χ1) is 18.3. The molecule has 10 heteroatoms. The van der Waals surface area contributed by atoms with Gasteiger partial charge in [-0.05, 0) is 66.5 Å². The van der Waals surface area contributed by atoms with Gasteiger partial charge in [-0.1, -0.05) is 6.07 Å². The van der Waals surface area contributed by atoms with Crippen molar-refractivity contribution in [2.45, 2.75) is 25.7 Å². The molecule has 1 aliphatic heterocycles. The van der Waals surface area contributed by atoms with Crippen molar-refractivity contribution in [3.05, 3.63) is 70.4 Å². The fourth-order valence-corrected chi connectivity index (χ4v) is 5.02. The van der Waals surface area contributed by atoms with Gasteiger partial charge in [0.1, 0.15) is 11.5 Å². The molecule has 1 aromatic carbocycles. The molecule has 0 aliphatic carbocycles. The molecule has 1 fully saturated rings. The molecule has 2 amide bonds. The Hall–Kier alpha value is -4.47. The number of benzene rings is 1. The topological polar surface area (TPSA) is 116 Å². The Balaban J connectivity index is 1.43. The standard InChI is InChI=1S/C28H31N7O3/c1-17-13-20(5-6-21(17)18-8-11-35(12-9-18)28(37)34(2)3)31-26-25-19(7-10-30-27(25)36)14-22(33-26)23-15-29-16-24(32-23)38-4/h5-7,10,13-16,18H,8-9,11-12H2,1-4H3,(H,30,36)(H,31,33). The third kappa shape index (κ3) is 5.02. The second kappa shape index (κ2) is 10.5. The highest BCUT2D eigenvalue weighted by atomic mass is 16.5. The summed E-state index contributed by atoms with van der Waals surface area (Å²) in [4.78, 5) is 44.7. The van der Waals surface area contributed by atoms with Crippen molar-refractivity contribution < 1.29 is 9.53 Å². The van der Waals surface area contributed by atoms with Crippen LogP contribution in [-0.2, 0) is 0 Å². The fourth-order valence-electron chi connectivity index (χ4n) is 5.02. The molecule has 1 saturated heterocycles. The number of anilines is 2. The number of hydrogen-bond donors (Lipinski definition) is 2. The first-order valence-electron chi connectivity index (χ1n) is 12.6.